The Bertz CT molecular complexity index is 168. The molecule has 3 heteroatoms. The molecular weight excluding hydrogens is 166 g/mol. The van der Waals surface area contributed by atoms with E-state index in [0.29, 0.717) is 18.8 Å². The normalized spacial score (nSPS) is 15.8. The molecule has 0 fully saturated rings. The molecule has 0 aliphatic rings. The van der Waals surface area contributed by atoms with E-state index in [2.05, 4.69) is 0 Å². The molecular formula is C10H21NO2. The molecule has 0 heterocycles. The van der Waals surface area contributed by atoms with Gasteiger partial charge in [0.1, 0.15) is 5.54 Å². The van der Waals surface area contributed by atoms with E-state index in [0.717, 1.165) is 12.8 Å². The van der Waals surface area contributed by atoms with E-state index in [-0.39, 0.29) is 0 Å². The van der Waals surface area contributed by atoms with Crippen LogP contribution in [0.2, 0.25) is 0 Å². The molecule has 0 amide bonds. The summed E-state index contributed by atoms with van der Waals surface area (Å²) in [5, 5.41) is 8.98. The highest BCUT2D eigenvalue weighted by Crippen LogP contribution is 2.20. The molecule has 3 nitrogen and oxygen atoms in total. The van der Waals surface area contributed by atoms with E-state index in [4.69, 9.17) is 10.8 Å². The van der Waals surface area contributed by atoms with E-state index in [1.807, 2.05) is 20.8 Å². The van der Waals surface area contributed by atoms with Gasteiger partial charge in [-0.15, -0.1) is 0 Å². The van der Waals surface area contributed by atoms with Gasteiger partial charge in [-0.3, -0.25) is 4.79 Å². The number of aliphatic carboxylic acids is 1. The van der Waals surface area contributed by atoms with Crippen molar-refractivity contribution in [2.24, 2.45) is 11.7 Å². The topological polar surface area (TPSA) is 63.3 Å². The Morgan fingerprint density at radius 1 is 1.54 bits per heavy atom. The highest BCUT2D eigenvalue weighted by molar-refractivity contribution is 5.78. The number of nitrogens with two attached hydrogens (primary N) is 1. The lowest BCUT2D eigenvalue weighted by molar-refractivity contribution is -0.144. The van der Waals surface area contributed by atoms with Crippen molar-refractivity contribution in [1.29, 1.82) is 0 Å². The Kier molecular flexibility index (Phi) is 4.99. The fraction of sp³-hybridized carbons (Fsp3) is 0.900. The standard InChI is InChI=1S/C10H21NO2/c1-4-5-6-10(11,9(12)13)7-8(2)3/h8H,4-7,11H2,1-3H3,(H,12,13)/t10-/m1/s1. The maximum Gasteiger partial charge on any atom is 0.323 e. The highest BCUT2D eigenvalue weighted by Gasteiger charge is 2.33. The second-order valence-corrected chi connectivity index (χ2v) is 4.16. The van der Waals surface area contributed by atoms with Gasteiger partial charge in [-0.1, -0.05) is 33.6 Å². The summed E-state index contributed by atoms with van der Waals surface area (Å²) in [4.78, 5) is 10.9. The van der Waals surface area contributed by atoms with E-state index in [1.54, 1.807) is 0 Å². The van der Waals surface area contributed by atoms with Crippen LogP contribution in [0.4, 0.5) is 0 Å². The van der Waals surface area contributed by atoms with Gasteiger partial charge >= 0.3 is 5.97 Å². The lowest BCUT2D eigenvalue weighted by atomic mass is 9.85. The van der Waals surface area contributed by atoms with Crippen LogP contribution in [0.25, 0.3) is 0 Å². The summed E-state index contributed by atoms with van der Waals surface area (Å²) < 4.78 is 0. The number of rotatable bonds is 6. The van der Waals surface area contributed by atoms with Crippen molar-refractivity contribution in [3.05, 3.63) is 0 Å². The van der Waals surface area contributed by atoms with Gasteiger partial charge in [-0.05, 0) is 18.8 Å². The summed E-state index contributed by atoms with van der Waals surface area (Å²) in [6.45, 7) is 6.03. The van der Waals surface area contributed by atoms with Crippen LogP contribution in [0.5, 0.6) is 0 Å². The van der Waals surface area contributed by atoms with E-state index >= 15 is 0 Å². The zero-order valence-electron chi connectivity index (χ0n) is 8.84. The fourth-order valence-electron chi connectivity index (χ4n) is 1.52. The number of carboxylic acids is 1. The molecule has 13 heavy (non-hydrogen) atoms. The summed E-state index contributed by atoms with van der Waals surface area (Å²) >= 11 is 0. The predicted octanol–water partition coefficient (Wildman–Crippen LogP) is 2.00. The van der Waals surface area contributed by atoms with Crippen LogP contribution in [0.15, 0.2) is 0 Å². The Morgan fingerprint density at radius 3 is 2.38 bits per heavy atom. The SMILES string of the molecule is CCCC[C@@](N)(CC(C)C)C(=O)O. The third-order valence-electron chi connectivity index (χ3n) is 2.17. The van der Waals surface area contributed by atoms with Crippen molar-refractivity contribution >= 4 is 5.97 Å². The van der Waals surface area contributed by atoms with Crippen LogP contribution in [-0.2, 0) is 4.79 Å². The fourth-order valence-corrected chi connectivity index (χ4v) is 1.52. The van der Waals surface area contributed by atoms with Gasteiger partial charge in [-0.2, -0.15) is 0 Å². The lowest BCUT2D eigenvalue weighted by Crippen LogP contribution is -2.48. The average Bonchev–Trinajstić information content (AvgIpc) is 1.99. The van der Waals surface area contributed by atoms with E-state index < -0.39 is 11.5 Å². The zero-order chi connectivity index (χ0) is 10.5. The molecule has 0 saturated heterocycles. The van der Waals surface area contributed by atoms with Crippen molar-refractivity contribution in [2.45, 2.75) is 52.0 Å². The average molecular weight is 187 g/mol. The Labute approximate surface area is 80.3 Å². The molecule has 3 N–H and O–H groups in total. The zero-order valence-corrected chi connectivity index (χ0v) is 8.84. The summed E-state index contributed by atoms with van der Waals surface area (Å²) in [5.41, 5.74) is 4.82. The molecule has 0 spiro atoms. The monoisotopic (exact) mass is 187 g/mol. The predicted molar refractivity (Wildman–Crippen MR) is 53.5 cm³/mol. The van der Waals surface area contributed by atoms with Crippen LogP contribution < -0.4 is 5.73 Å². The first-order valence-corrected chi connectivity index (χ1v) is 4.94. The van der Waals surface area contributed by atoms with Crippen LogP contribution in [0, 0.1) is 5.92 Å². The number of hydrogen-bond acceptors (Lipinski definition) is 2. The smallest absolute Gasteiger partial charge is 0.323 e. The molecule has 0 bridgehead atoms. The molecule has 0 rings (SSSR count). The van der Waals surface area contributed by atoms with E-state index in [1.165, 1.54) is 0 Å². The molecule has 0 aromatic rings. The van der Waals surface area contributed by atoms with Crippen molar-refractivity contribution in [1.82, 2.24) is 0 Å². The van der Waals surface area contributed by atoms with Crippen LogP contribution in [0.3, 0.4) is 0 Å². The molecule has 0 saturated carbocycles. The number of unbranched alkanes of at least 4 members (excludes halogenated alkanes) is 1. The van der Waals surface area contributed by atoms with Gasteiger partial charge in [-0.25, -0.2) is 0 Å². The van der Waals surface area contributed by atoms with Crippen molar-refractivity contribution < 1.29 is 9.90 Å². The summed E-state index contributed by atoms with van der Waals surface area (Å²) in [6.07, 6.45) is 3.01. The Hall–Kier alpha value is -0.570. The third-order valence-corrected chi connectivity index (χ3v) is 2.17. The van der Waals surface area contributed by atoms with Gasteiger partial charge in [0.15, 0.2) is 0 Å². The molecule has 0 aliphatic heterocycles. The summed E-state index contributed by atoms with van der Waals surface area (Å²) in [6, 6.07) is 0. The number of carboxylic acid groups (broad SMARTS) is 1. The van der Waals surface area contributed by atoms with Crippen LogP contribution in [0.1, 0.15) is 46.5 Å². The highest BCUT2D eigenvalue weighted by atomic mass is 16.4. The molecule has 0 aliphatic carbocycles. The molecule has 0 aromatic heterocycles. The molecule has 0 radical (unpaired) electrons. The first-order chi connectivity index (χ1) is 5.92. The summed E-state index contributed by atoms with van der Waals surface area (Å²) in [5.74, 6) is -0.535. The van der Waals surface area contributed by atoms with Crippen molar-refractivity contribution in [3.8, 4) is 0 Å². The van der Waals surface area contributed by atoms with Crippen molar-refractivity contribution in [2.75, 3.05) is 0 Å². The first-order valence-electron chi connectivity index (χ1n) is 4.94. The van der Waals surface area contributed by atoms with Gasteiger partial charge in [0.25, 0.3) is 0 Å². The Morgan fingerprint density at radius 2 is 2.08 bits per heavy atom. The quantitative estimate of drug-likeness (QED) is 0.668. The van der Waals surface area contributed by atoms with Crippen LogP contribution in [-0.4, -0.2) is 16.6 Å². The van der Waals surface area contributed by atoms with Gasteiger partial charge in [0, 0.05) is 0 Å². The van der Waals surface area contributed by atoms with Gasteiger partial charge in [0.05, 0.1) is 0 Å². The van der Waals surface area contributed by atoms with Crippen molar-refractivity contribution in [3.63, 3.8) is 0 Å². The third kappa shape index (κ3) is 4.27. The molecule has 1 atom stereocenters. The number of hydrogen-bond donors (Lipinski definition) is 2. The minimum absolute atomic E-state index is 0.331. The van der Waals surface area contributed by atoms with Gasteiger partial charge in [0.2, 0.25) is 0 Å². The maximum absolute atomic E-state index is 10.9. The second-order valence-electron chi connectivity index (χ2n) is 4.16. The molecule has 0 aromatic carbocycles. The van der Waals surface area contributed by atoms with Gasteiger partial charge < -0.3 is 10.8 Å². The minimum Gasteiger partial charge on any atom is -0.480 e. The first kappa shape index (κ1) is 12.4. The lowest BCUT2D eigenvalue weighted by Gasteiger charge is -2.26. The minimum atomic E-state index is -1.01. The Balaban J connectivity index is 4.25. The second kappa shape index (κ2) is 5.22. The molecule has 0 unspecified atom stereocenters. The van der Waals surface area contributed by atoms with E-state index in [9.17, 15) is 4.79 Å². The molecule has 78 valence electrons. The summed E-state index contributed by atoms with van der Waals surface area (Å²) in [7, 11) is 0. The number of carbonyl (C=O) groups is 1. The largest absolute Gasteiger partial charge is 0.480 e. The maximum atomic E-state index is 10.9. The van der Waals surface area contributed by atoms with Crippen LogP contribution >= 0.6 is 0 Å².